The quantitative estimate of drug-likeness (QED) is 0.645. The van der Waals surface area contributed by atoms with Gasteiger partial charge in [0.25, 0.3) is 0 Å². The van der Waals surface area contributed by atoms with Crippen molar-refractivity contribution >= 4 is 5.78 Å². The van der Waals surface area contributed by atoms with E-state index < -0.39 is 0 Å². The Morgan fingerprint density at radius 3 is 2.50 bits per heavy atom. The first-order chi connectivity index (χ1) is 11.7. The van der Waals surface area contributed by atoms with E-state index in [9.17, 15) is 9.59 Å². The molecular formula is C17H16N4O3. The summed E-state index contributed by atoms with van der Waals surface area (Å²) in [5.74, 6) is 0.422. The molecule has 1 aromatic heterocycles. The molecule has 0 saturated carbocycles. The van der Waals surface area contributed by atoms with Crippen molar-refractivity contribution in [2.24, 2.45) is 0 Å². The zero-order chi connectivity index (χ0) is 16.9. The number of benzene rings is 2. The predicted octanol–water partition coefficient (Wildman–Crippen LogP) is 1.71. The third-order valence-electron chi connectivity index (χ3n) is 3.47. The maximum absolute atomic E-state index is 12.3. The smallest absolute Gasteiger partial charge is 0.368 e. The molecule has 3 rings (SSSR count). The van der Waals surface area contributed by atoms with Gasteiger partial charge in [-0.3, -0.25) is 4.79 Å². The van der Waals surface area contributed by atoms with E-state index in [0.717, 1.165) is 0 Å². The van der Waals surface area contributed by atoms with Gasteiger partial charge in [-0.25, -0.2) is 4.79 Å². The van der Waals surface area contributed by atoms with E-state index in [0.29, 0.717) is 17.0 Å². The van der Waals surface area contributed by atoms with Crippen LogP contribution in [-0.2, 0) is 6.54 Å². The van der Waals surface area contributed by atoms with Crippen LogP contribution in [0, 0.1) is 0 Å². The van der Waals surface area contributed by atoms with Crippen LogP contribution < -0.4 is 10.4 Å². The summed E-state index contributed by atoms with van der Waals surface area (Å²) in [6.45, 7) is 1.92. The minimum absolute atomic E-state index is 0.0715. The highest BCUT2D eigenvalue weighted by molar-refractivity contribution is 5.96. The Morgan fingerprint density at radius 1 is 1.04 bits per heavy atom. The molecule has 7 heteroatoms. The van der Waals surface area contributed by atoms with Crippen LogP contribution in [0.25, 0.3) is 5.69 Å². The number of hydrogen-bond donors (Lipinski definition) is 0. The minimum atomic E-state index is -0.343. The zero-order valence-electron chi connectivity index (χ0n) is 13.1. The summed E-state index contributed by atoms with van der Waals surface area (Å²) in [5, 5.41) is 7.72. The van der Waals surface area contributed by atoms with Crippen molar-refractivity contribution in [3.8, 4) is 11.4 Å². The Hall–Kier alpha value is -3.22. The van der Waals surface area contributed by atoms with Crippen molar-refractivity contribution in [1.82, 2.24) is 19.8 Å². The largest absolute Gasteiger partial charge is 0.491 e. The Balaban J connectivity index is 1.70. The number of rotatable bonds is 6. The van der Waals surface area contributed by atoms with E-state index in [2.05, 4.69) is 10.4 Å². The molecule has 0 aliphatic carbocycles. The van der Waals surface area contributed by atoms with Crippen LogP contribution in [0.4, 0.5) is 0 Å². The number of tetrazole rings is 1. The van der Waals surface area contributed by atoms with Crippen molar-refractivity contribution in [2.45, 2.75) is 13.5 Å². The molecule has 0 N–H and O–H groups in total. The van der Waals surface area contributed by atoms with Crippen LogP contribution in [0.15, 0.2) is 59.4 Å². The lowest BCUT2D eigenvalue weighted by Crippen LogP contribution is -2.26. The highest BCUT2D eigenvalue weighted by Crippen LogP contribution is 2.18. The Labute approximate surface area is 138 Å². The van der Waals surface area contributed by atoms with Gasteiger partial charge in [0.2, 0.25) is 0 Å². The number of hydrogen-bond acceptors (Lipinski definition) is 5. The molecule has 0 spiro atoms. The number of para-hydroxylation sites is 2. The molecule has 7 nitrogen and oxygen atoms in total. The van der Waals surface area contributed by atoms with Crippen LogP contribution in [0.1, 0.15) is 17.3 Å². The van der Waals surface area contributed by atoms with Crippen molar-refractivity contribution < 1.29 is 9.53 Å². The Kier molecular flexibility index (Phi) is 4.51. The van der Waals surface area contributed by atoms with Gasteiger partial charge in [0.15, 0.2) is 5.78 Å². The monoisotopic (exact) mass is 324 g/mol. The molecule has 24 heavy (non-hydrogen) atoms. The average Bonchev–Trinajstić information content (AvgIpc) is 2.97. The molecule has 0 aliphatic rings. The fourth-order valence-electron chi connectivity index (χ4n) is 2.27. The Bertz CT molecular complexity index is 899. The van der Waals surface area contributed by atoms with Crippen molar-refractivity contribution in [1.29, 1.82) is 0 Å². The third-order valence-corrected chi connectivity index (χ3v) is 3.47. The first kappa shape index (κ1) is 15.7. The number of ether oxygens (including phenoxy) is 1. The van der Waals surface area contributed by atoms with Gasteiger partial charge in [-0.05, 0) is 41.6 Å². The van der Waals surface area contributed by atoms with Gasteiger partial charge < -0.3 is 4.74 Å². The molecule has 0 aliphatic heterocycles. The highest BCUT2D eigenvalue weighted by Gasteiger charge is 2.10. The molecule has 0 unspecified atom stereocenters. The minimum Gasteiger partial charge on any atom is -0.491 e. The number of nitrogens with zero attached hydrogens (tertiary/aromatic N) is 4. The van der Waals surface area contributed by atoms with Crippen LogP contribution in [0.5, 0.6) is 5.75 Å². The molecule has 0 bridgehead atoms. The van der Waals surface area contributed by atoms with Crippen molar-refractivity contribution in [3.63, 3.8) is 0 Å². The fourth-order valence-corrected chi connectivity index (χ4v) is 2.27. The van der Waals surface area contributed by atoms with Crippen LogP contribution in [0.3, 0.4) is 0 Å². The molecule has 0 saturated heterocycles. The van der Waals surface area contributed by atoms with Crippen molar-refractivity contribution in [3.05, 3.63) is 70.6 Å². The first-order valence-corrected chi connectivity index (χ1v) is 7.48. The van der Waals surface area contributed by atoms with Gasteiger partial charge in [0.05, 0.1) is 17.8 Å². The molecule has 1 heterocycles. The van der Waals surface area contributed by atoms with E-state index in [-0.39, 0.29) is 24.6 Å². The van der Waals surface area contributed by atoms with E-state index >= 15 is 0 Å². The summed E-state index contributed by atoms with van der Waals surface area (Å²) >= 11 is 0. The number of carbonyl (C=O) groups is 1. The van der Waals surface area contributed by atoms with Crippen molar-refractivity contribution in [2.75, 3.05) is 6.61 Å². The second kappa shape index (κ2) is 6.91. The van der Waals surface area contributed by atoms with E-state index in [1.807, 2.05) is 18.2 Å². The molecule has 0 amide bonds. The maximum atomic E-state index is 12.3. The van der Waals surface area contributed by atoms with Gasteiger partial charge in [0, 0.05) is 0 Å². The number of aromatic nitrogens is 4. The summed E-state index contributed by atoms with van der Waals surface area (Å²) in [6, 6.07) is 16.1. The number of carbonyl (C=O) groups excluding carboxylic acids is 1. The molecule has 0 atom stereocenters. The number of ketones is 1. The predicted molar refractivity (Wildman–Crippen MR) is 87.6 cm³/mol. The van der Waals surface area contributed by atoms with Gasteiger partial charge in [0.1, 0.15) is 12.4 Å². The summed E-state index contributed by atoms with van der Waals surface area (Å²) in [7, 11) is 0. The Morgan fingerprint density at radius 2 is 1.75 bits per heavy atom. The summed E-state index contributed by atoms with van der Waals surface area (Å²) in [6.07, 6.45) is 0. The average molecular weight is 324 g/mol. The van der Waals surface area contributed by atoms with Crippen LogP contribution in [0.2, 0.25) is 0 Å². The van der Waals surface area contributed by atoms with Crippen LogP contribution >= 0.6 is 0 Å². The normalized spacial score (nSPS) is 10.5. The third kappa shape index (κ3) is 3.24. The molecule has 3 aromatic rings. The zero-order valence-corrected chi connectivity index (χ0v) is 13.1. The second-order valence-corrected chi connectivity index (χ2v) is 5.13. The number of Topliss-reactive ketones (excluding diaryl/α,β-unsaturated/α-hetero) is 1. The molecule has 0 radical (unpaired) electrons. The molecule has 122 valence electrons. The lowest BCUT2D eigenvalue weighted by atomic mass is 10.1. The van der Waals surface area contributed by atoms with Gasteiger partial charge in [-0.1, -0.05) is 30.3 Å². The summed E-state index contributed by atoms with van der Waals surface area (Å²) < 4.78 is 8.07. The first-order valence-electron chi connectivity index (χ1n) is 7.48. The molecular weight excluding hydrogens is 308 g/mol. The van der Waals surface area contributed by atoms with E-state index in [1.165, 1.54) is 16.3 Å². The van der Waals surface area contributed by atoms with Gasteiger partial charge in [-0.15, -0.1) is 0 Å². The summed E-state index contributed by atoms with van der Waals surface area (Å²) in [5.41, 5.74) is 0.819. The van der Waals surface area contributed by atoms with E-state index in [4.69, 9.17) is 4.74 Å². The topological polar surface area (TPSA) is 79.0 Å². The standard InChI is InChI=1S/C17H16N4O3/c1-13(22)15-9-5-6-10-16(15)24-12-11-20-17(23)21(19-18-20)14-7-3-2-4-8-14/h2-10H,11-12H2,1H3. The van der Waals surface area contributed by atoms with E-state index in [1.54, 1.807) is 36.4 Å². The molecule has 2 aromatic carbocycles. The highest BCUT2D eigenvalue weighted by atomic mass is 16.5. The lowest BCUT2D eigenvalue weighted by Gasteiger charge is -2.08. The lowest BCUT2D eigenvalue weighted by molar-refractivity contribution is 0.101. The van der Waals surface area contributed by atoms with Crippen LogP contribution in [-0.4, -0.2) is 32.2 Å². The second-order valence-electron chi connectivity index (χ2n) is 5.13. The molecule has 0 fully saturated rings. The summed E-state index contributed by atoms with van der Waals surface area (Å²) in [4.78, 5) is 23.8. The van der Waals surface area contributed by atoms with Gasteiger partial charge >= 0.3 is 5.69 Å². The fraction of sp³-hybridized carbons (Fsp3) is 0.176. The maximum Gasteiger partial charge on any atom is 0.368 e. The van der Waals surface area contributed by atoms with Gasteiger partial charge in [-0.2, -0.15) is 9.36 Å². The SMILES string of the molecule is CC(=O)c1ccccc1OCCn1nnn(-c2ccccc2)c1=O.